The van der Waals surface area contributed by atoms with Gasteiger partial charge in [-0.05, 0) is 12.0 Å². The lowest BCUT2D eigenvalue weighted by Crippen LogP contribution is -2.20. The largest absolute Gasteiger partial charge is 0.359 e. The highest BCUT2D eigenvalue weighted by molar-refractivity contribution is 8.14. The fraction of sp³-hybridized carbons (Fsp3) is 0.545. The molecule has 1 unspecified atom stereocenters. The van der Waals surface area contributed by atoms with Gasteiger partial charge in [0.25, 0.3) is 0 Å². The zero-order valence-electron chi connectivity index (χ0n) is 9.55. The number of aromatic nitrogens is 2. The third-order valence-corrected chi connectivity index (χ3v) is 3.98. The van der Waals surface area contributed by atoms with Gasteiger partial charge in [-0.25, -0.2) is 9.97 Å². The van der Waals surface area contributed by atoms with Gasteiger partial charge in [-0.15, -0.1) is 0 Å². The van der Waals surface area contributed by atoms with Crippen LogP contribution in [0.5, 0.6) is 0 Å². The second-order valence-corrected chi connectivity index (χ2v) is 5.33. The van der Waals surface area contributed by atoms with E-state index in [0.29, 0.717) is 11.2 Å². The number of hydrogen-bond donors (Lipinski definition) is 1. The van der Waals surface area contributed by atoms with E-state index in [2.05, 4.69) is 34.1 Å². The maximum atomic E-state index is 4.48. The van der Waals surface area contributed by atoms with Crippen LogP contribution in [0.3, 0.4) is 0 Å². The minimum absolute atomic E-state index is 0.618. The molecule has 86 valence electrons. The molecule has 0 saturated carbocycles. The summed E-state index contributed by atoms with van der Waals surface area (Å²) in [7, 11) is 0. The first-order valence-corrected chi connectivity index (χ1v) is 6.33. The predicted octanol–water partition coefficient (Wildman–Crippen LogP) is 1.69. The van der Waals surface area contributed by atoms with Crippen molar-refractivity contribution in [2.75, 3.05) is 6.54 Å². The smallest absolute Gasteiger partial charge is 0.157 e. The van der Waals surface area contributed by atoms with Crippen molar-refractivity contribution in [2.24, 2.45) is 10.9 Å². The highest BCUT2D eigenvalue weighted by atomic mass is 32.2. The first-order valence-electron chi connectivity index (χ1n) is 5.45. The predicted molar refractivity (Wildman–Crippen MR) is 67.4 cm³/mol. The Kier molecular flexibility index (Phi) is 3.77. The van der Waals surface area contributed by atoms with E-state index in [0.717, 1.165) is 24.0 Å². The standard InChI is InChI=1S/C11H16N4S/c1-8(2)10-6-14-11(16-10)13-5-9-3-4-12-7-15-9/h3-4,7-8,10H,5-6H2,1-2H3,(H,13,14). The lowest BCUT2D eigenvalue weighted by atomic mass is 10.1. The number of nitrogens with one attached hydrogen (secondary N) is 1. The van der Waals surface area contributed by atoms with E-state index in [9.17, 15) is 0 Å². The Morgan fingerprint density at radius 1 is 1.56 bits per heavy atom. The molecule has 0 amide bonds. The molecule has 1 aromatic heterocycles. The van der Waals surface area contributed by atoms with Gasteiger partial charge in [0.1, 0.15) is 6.33 Å². The molecular formula is C11H16N4S. The summed E-state index contributed by atoms with van der Waals surface area (Å²) in [5, 5.41) is 4.96. The number of rotatable bonds is 3. The average molecular weight is 236 g/mol. The van der Waals surface area contributed by atoms with Gasteiger partial charge in [0.05, 0.1) is 18.8 Å². The molecule has 0 bridgehead atoms. The molecule has 1 aromatic rings. The number of hydrogen-bond acceptors (Lipinski definition) is 5. The van der Waals surface area contributed by atoms with Crippen molar-refractivity contribution < 1.29 is 0 Å². The van der Waals surface area contributed by atoms with Crippen LogP contribution in [-0.4, -0.2) is 26.9 Å². The summed E-state index contributed by atoms with van der Waals surface area (Å²) in [6, 6.07) is 1.91. The molecule has 0 spiro atoms. The van der Waals surface area contributed by atoms with Crippen molar-refractivity contribution in [2.45, 2.75) is 25.6 Å². The first-order chi connectivity index (χ1) is 7.75. The maximum Gasteiger partial charge on any atom is 0.157 e. The van der Waals surface area contributed by atoms with Crippen LogP contribution in [0.25, 0.3) is 0 Å². The van der Waals surface area contributed by atoms with Gasteiger partial charge in [-0.3, -0.25) is 4.99 Å². The second kappa shape index (κ2) is 5.30. The lowest BCUT2D eigenvalue weighted by Gasteiger charge is -2.11. The Morgan fingerprint density at radius 3 is 3.06 bits per heavy atom. The van der Waals surface area contributed by atoms with Crippen LogP contribution in [-0.2, 0) is 6.54 Å². The SMILES string of the molecule is CC(C)C1CN=C(NCc2ccncn2)S1. The van der Waals surface area contributed by atoms with E-state index in [1.807, 2.05) is 17.8 Å². The van der Waals surface area contributed by atoms with Gasteiger partial charge in [-0.1, -0.05) is 25.6 Å². The summed E-state index contributed by atoms with van der Waals surface area (Å²) in [5.74, 6) is 0.673. The van der Waals surface area contributed by atoms with Crippen LogP contribution in [0, 0.1) is 5.92 Å². The van der Waals surface area contributed by atoms with Crippen LogP contribution in [0.15, 0.2) is 23.6 Å². The van der Waals surface area contributed by atoms with Crippen molar-refractivity contribution in [3.8, 4) is 0 Å². The average Bonchev–Trinajstić information content (AvgIpc) is 2.76. The van der Waals surface area contributed by atoms with Crippen molar-refractivity contribution in [3.63, 3.8) is 0 Å². The second-order valence-electron chi connectivity index (χ2n) is 4.10. The fourth-order valence-electron chi connectivity index (χ4n) is 1.42. The molecule has 4 nitrogen and oxygen atoms in total. The Bertz CT molecular complexity index is 364. The molecule has 0 saturated heterocycles. The van der Waals surface area contributed by atoms with Gasteiger partial charge >= 0.3 is 0 Å². The molecule has 2 rings (SSSR count). The van der Waals surface area contributed by atoms with E-state index in [1.54, 1.807) is 12.5 Å². The molecule has 16 heavy (non-hydrogen) atoms. The summed E-state index contributed by atoms with van der Waals surface area (Å²) in [4.78, 5) is 12.5. The molecule has 1 N–H and O–H groups in total. The lowest BCUT2D eigenvalue weighted by molar-refractivity contribution is 0.621. The summed E-state index contributed by atoms with van der Waals surface area (Å²) in [6.07, 6.45) is 3.32. The van der Waals surface area contributed by atoms with E-state index < -0.39 is 0 Å². The van der Waals surface area contributed by atoms with Gasteiger partial charge in [-0.2, -0.15) is 0 Å². The Hall–Kier alpha value is -1.10. The Morgan fingerprint density at radius 2 is 2.44 bits per heavy atom. The zero-order chi connectivity index (χ0) is 11.4. The summed E-state index contributed by atoms with van der Waals surface area (Å²) >= 11 is 1.83. The Labute approximate surface area is 100.0 Å². The summed E-state index contributed by atoms with van der Waals surface area (Å²) < 4.78 is 0. The zero-order valence-corrected chi connectivity index (χ0v) is 10.4. The normalized spacial score (nSPS) is 19.9. The molecule has 1 atom stereocenters. The Balaban J connectivity index is 1.80. The molecule has 0 aromatic carbocycles. The third-order valence-electron chi connectivity index (χ3n) is 2.49. The van der Waals surface area contributed by atoms with Crippen molar-refractivity contribution in [1.29, 1.82) is 0 Å². The fourth-order valence-corrected chi connectivity index (χ4v) is 2.44. The molecule has 1 aliphatic rings. The number of nitrogens with zero attached hydrogens (tertiary/aromatic N) is 3. The van der Waals surface area contributed by atoms with Gasteiger partial charge in [0.15, 0.2) is 5.17 Å². The molecule has 2 heterocycles. The monoisotopic (exact) mass is 236 g/mol. The minimum atomic E-state index is 0.618. The summed E-state index contributed by atoms with van der Waals surface area (Å²) in [6.45, 7) is 6.12. The number of aliphatic imine (C=N–C) groups is 1. The first kappa shape index (κ1) is 11.4. The van der Waals surface area contributed by atoms with Crippen LogP contribution in [0.1, 0.15) is 19.5 Å². The quantitative estimate of drug-likeness (QED) is 0.867. The summed E-state index contributed by atoms with van der Waals surface area (Å²) in [5.41, 5.74) is 0.992. The minimum Gasteiger partial charge on any atom is -0.359 e. The molecule has 0 fully saturated rings. The highest BCUT2D eigenvalue weighted by Gasteiger charge is 2.22. The number of thioether (sulfide) groups is 1. The van der Waals surface area contributed by atoms with Gasteiger partial charge < -0.3 is 5.32 Å². The van der Waals surface area contributed by atoms with Gasteiger partial charge in [0.2, 0.25) is 0 Å². The van der Waals surface area contributed by atoms with Crippen molar-refractivity contribution in [1.82, 2.24) is 15.3 Å². The van der Waals surface area contributed by atoms with Crippen molar-refractivity contribution in [3.05, 3.63) is 24.3 Å². The van der Waals surface area contributed by atoms with Crippen LogP contribution < -0.4 is 5.32 Å². The molecule has 0 radical (unpaired) electrons. The van der Waals surface area contributed by atoms with Crippen LogP contribution in [0.2, 0.25) is 0 Å². The van der Waals surface area contributed by atoms with E-state index >= 15 is 0 Å². The third kappa shape index (κ3) is 2.95. The molecule has 5 heteroatoms. The van der Waals surface area contributed by atoms with E-state index in [1.165, 1.54) is 0 Å². The van der Waals surface area contributed by atoms with Crippen LogP contribution >= 0.6 is 11.8 Å². The van der Waals surface area contributed by atoms with Gasteiger partial charge in [0, 0.05) is 11.4 Å². The maximum absolute atomic E-state index is 4.48. The topological polar surface area (TPSA) is 50.2 Å². The number of amidine groups is 1. The molecule has 1 aliphatic heterocycles. The highest BCUT2D eigenvalue weighted by Crippen LogP contribution is 2.25. The van der Waals surface area contributed by atoms with Crippen molar-refractivity contribution >= 4 is 16.9 Å². The van der Waals surface area contributed by atoms with Crippen LogP contribution in [0.4, 0.5) is 0 Å². The van der Waals surface area contributed by atoms with E-state index in [4.69, 9.17) is 0 Å². The molecule has 0 aliphatic carbocycles. The van der Waals surface area contributed by atoms with E-state index in [-0.39, 0.29) is 0 Å². The molecular weight excluding hydrogens is 220 g/mol.